The van der Waals surface area contributed by atoms with Gasteiger partial charge in [0.2, 0.25) is 0 Å². The van der Waals surface area contributed by atoms with Gasteiger partial charge in [0.25, 0.3) is 5.69 Å². The topological polar surface area (TPSA) is 69.4 Å². The van der Waals surface area contributed by atoms with Crippen molar-refractivity contribution >= 4 is 39.2 Å². The minimum Gasteiger partial charge on any atom is -0.465 e. The van der Waals surface area contributed by atoms with Gasteiger partial charge in [-0.05, 0) is 5.56 Å². The number of halogens is 2. The summed E-state index contributed by atoms with van der Waals surface area (Å²) >= 11 is 8.99. The molecule has 0 amide bonds. The Kier molecular flexibility index (Phi) is 4.26. The molecular weight excluding hydrogens is 301 g/mol. The molecule has 16 heavy (non-hydrogen) atoms. The Morgan fingerprint density at radius 3 is 2.69 bits per heavy atom. The van der Waals surface area contributed by atoms with Gasteiger partial charge in [0, 0.05) is 17.5 Å². The molecule has 0 N–H and O–H groups in total. The zero-order chi connectivity index (χ0) is 12.3. The zero-order valence-electron chi connectivity index (χ0n) is 8.20. The van der Waals surface area contributed by atoms with Gasteiger partial charge >= 0.3 is 5.97 Å². The third-order valence-corrected chi connectivity index (χ3v) is 2.83. The van der Waals surface area contributed by atoms with E-state index in [1.165, 1.54) is 13.2 Å². The number of hydrogen-bond acceptors (Lipinski definition) is 4. The fourth-order valence-corrected chi connectivity index (χ4v) is 2.20. The lowest BCUT2D eigenvalue weighted by Crippen LogP contribution is -2.06. The summed E-state index contributed by atoms with van der Waals surface area (Å²) in [6.07, 6.45) is 0. The molecule has 0 heterocycles. The molecule has 0 radical (unpaired) electrons. The van der Waals surface area contributed by atoms with Gasteiger partial charge in [-0.3, -0.25) is 10.1 Å². The summed E-state index contributed by atoms with van der Waals surface area (Å²) in [6.45, 7) is 0. The number of carbonyl (C=O) groups excluding carboxylic acids is 1. The van der Waals surface area contributed by atoms with Crippen molar-refractivity contribution in [2.24, 2.45) is 0 Å². The lowest BCUT2D eigenvalue weighted by Gasteiger charge is -2.07. The van der Waals surface area contributed by atoms with E-state index < -0.39 is 10.9 Å². The molecule has 0 aromatic heterocycles. The number of rotatable bonds is 3. The molecule has 5 nitrogen and oxygen atoms in total. The smallest absolute Gasteiger partial charge is 0.338 e. The molecule has 0 saturated carbocycles. The molecule has 7 heteroatoms. The predicted molar refractivity (Wildman–Crippen MR) is 62.1 cm³/mol. The van der Waals surface area contributed by atoms with E-state index in [1.54, 1.807) is 0 Å². The van der Waals surface area contributed by atoms with E-state index in [2.05, 4.69) is 20.7 Å². The van der Waals surface area contributed by atoms with Crippen LogP contribution < -0.4 is 0 Å². The van der Waals surface area contributed by atoms with Crippen LogP contribution >= 0.6 is 27.5 Å². The van der Waals surface area contributed by atoms with Crippen molar-refractivity contribution in [3.05, 3.63) is 38.4 Å². The van der Waals surface area contributed by atoms with E-state index >= 15 is 0 Å². The standard InChI is InChI=1S/C9H7BrClNO4/c1-16-9(13)6-2-5(12(14)15)3-8(11)7(6)4-10/h2-3H,4H2,1H3. The second-order valence-corrected chi connectivity index (χ2v) is 3.80. The number of ether oxygens (including phenoxy) is 1. The molecule has 0 bridgehead atoms. The van der Waals surface area contributed by atoms with Crippen LogP contribution in [0.15, 0.2) is 12.1 Å². The first-order valence-electron chi connectivity index (χ1n) is 4.12. The maximum Gasteiger partial charge on any atom is 0.338 e. The highest BCUT2D eigenvalue weighted by molar-refractivity contribution is 9.08. The summed E-state index contributed by atoms with van der Waals surface area (Å²) in [4.78, 5) is 21.4. The van der Waals surface area contributed by atoms with Gasteiger partial charge in [-0.25, -0.2) is 4.79 Å². The van der Waals surface area contributed by atoms with Crippen LogP contribution in [0.2, 0.25) is 5.02 Å². The number of methoxy groups -OCH3 is 1. The summed E-state index contributed by atoms with van der Waals surface area (Å²) in [5, 5.41) is 11.1. The maximum absolute atomic E-state index is 11.4. The van der Waals surface area contributed by atoms with E-state index in [4.69, 9.17) is 11.6 Å². The molecule has 0 fully saturated rings. The third-order valence-electron chi connectivity index (χ3n) is 1.93. The lowest BCUT2D eigenvalue weighted by atomic mass is 10.1. The molecule has 1 aromatic rings. The van der Waals surface area contributed by atoms with Gasteiger partial charge in [-0.15, -0.1) is 0 Å². The first-order valence-corrected chi connectivity index (χ1v) is 5.62. The highest BCUT2D eigenvalue weighted by atomic mass is 79.9. The molecule has 86 valence electrons. The van der Waals surface area contributed by atoms with Gasteiger partial charge in [-0.1, -0.05) is 27.5 Å². The monoisotopic (exact) mass is 307 g/mol. The van der Waals surface area contributed by atoms with Gasteiger partial charge < -0.3 is 4.74 Å². The van der Waals surface area contributed by atoms with Crippen molar-refractivity contribution in [3.63, 3.8) is 0 Å². The largest absolute Gasteiger partial charge is 0.465 e. The van der Waals surface area contributed by atoms with Crippen LogP contribution in [-0.2, 0) is 10.1 Å². The van der Waals surface area contributed by atoms with E-state index in [-0.39, 0.29) is 16.3 Å². The van der Waals surface area contributed by atoms with Crippen molar-refractivity contribution < 1.29 is 14.5 Å². The summed E-state index contributed by atoms with van der Waals surface area (Å²) in [6, 6.07) is 2.35. The van der Waals surface area contributed by atoms with Gasteiger partial charge in [-0.2, -0.15) is 0 Å². The van der Waals surface area contributed by atoms with Crippen molar-refractivity contribution in [1.82, 2.24) is 0 Å². The average molecular weight is 309 g/mol. The molecule has 0 aliphatic carbocycles. The first kappa shape index (κ1) is 12.9. The van der Waals surface area contributed by atoms with Gasteiger partial charge in [0.15, 0.2) is 0 Å². The van der Waals surface area contributed by atoms with Crippen LogP contribution in [0.3, 0.4) is 0 Å². The highest BCUT2D eigenvalue weighted by Gasteiger charge is 2.20. The Morgan fingerprint density at radius 1 is 1.62 bits per heavy atom. The van der Waals surface area contributed by atoms with Crippen LogP contribution in [0.4, 0.5) is 5.69 Å². The van der Waals surface area contributed by atoms with E-state index in [9.17, 15) is 14.9 Å². The number of hydrogen-bond donors (Lipinski definition) is 0. The minimum absolute atomic E-state index is 0.0959. The van der Waals surface area contributed by atoms with Crippen LogP contribution in [0.25, 0.3) is 0 Å². The molecule has 0 unspecified atom stereocenters. The van der Waals surface area contributed by atoms with Crippen LogP contribution in [0.1, 0.15) is 15.9 Å². The Labute approximate surface area is 105 Å². The number of nitrogens with zero attached hydrogens (tertiary/aromatic N) is 1. The SMILES string of the molecule is COC(=O)c1cc([N+](=O)[O-])cc(Cl)c1CBr. The van der Waals surface area contributed by atoms with E-state index in [1.807, 2.05) is 0 Å². The number of nitro groups is 1. The average Bonchev–Trinajstić information content (AvgIpc) is 2.26. The highest BCUT2D eigenvalue weighted by Crippen LogP contribution is 2.28. The molecule has 0 aliphatic rings. The Hall–Kier alpha value is -1.14. The quantitative estimate of drug-likeness (QED) is 0.372. The van der Waals surface area contributed by atoms with Crippen LogP contribution in [0, 0.1) is 10.1 Å². The lowest BCUT2D eigenvalue weighted by molar-refractivity contribution is -0.384. The van der Waals surface area contributed by atoms with E-state index in [0.717, 1.165) is 6.07 Å². The van der Waals surface area contributed by atoms with Crippen molar-refractivity contribution in [2.45, 2.75) is 5.33 Å². The molecule has 1 rings (SSSR count). The number of esters is 1. The Balaban J connectivity index is 3.42. The fourth-order valence-electron chi connectivity index (χ4n) is 1.16. The fraction of sp³-hybridized carbons (Fsp3) is 0.222. The molecular formula is C9H7BrClNO4. The molecule has 0 aliphatic heterocycles. The zero-order valence-corrected chi connectivity index (χ0v) is 10.5. The van der Waals surface area contributed by atoms with Crippen LogP contribution in [-0.4, -0.2) is 18.0 Å². The normalized spacial score (nSPS) is 9.94. The molecule has 1 aromatic carbocycles. The Morgan fingerprint density at radius 2 is 2.25 bits per heavy atom. The van der Waals surface area contributed by atoms with Gasteiger partial charge in [0.1, 0.15) is 0 Å². The number of alkyl halides is 1. The molecule has 0 spiro atoms. The van der Waals surface area contributed by atoms with Crippen molar-refractivity contribution in [3.8, 4) is 0 Å². The summed E-state index contributed by atoms with van der Waals surface area (Å²) < 4.78 is 4.53. The number of carbonyl (C=O) groups is 1. The van der Waals surface area contributed by atoms with E-state index in [0.29, 0.717) is 10.9 Å². The first-order chi connectivity index (χ1) is 7.51. The second-order valence-electron chi connectivity index (χ2n) is 2.84. The minimum atomic E-state index is -0.653. The maximum atomic E-state index is 11.4. The second kappa shape index (κ2) is 5.27. The van der Waals surface area contributed by atoms with Crippen LogP contribution in [0.5, 0.6) is 0 Å². The van der Waals surface area contributed by atoms with Crippen molar-refractivity contribution in [2.75, 3.05) is 7.11 Å². The Bertz CT molecular complexity index is 449. The molecule has 0 atom stereocenters. The molecule has 0 saturated heterocycles. The number of benzene rings is 1. The predicted octanol–water partition coefficient (Wildman–Crippen LogP) is 2.93. The third kappa shape index (κ3) is 2.51. The summed E-state index contributed by atoms with van der Waals surface area (Å²) in [5.74, 6) is -0.653. The van der Waals surface area contributed by atoms with Gasteiger partial charge in [0.05, 0.1) is 22.6 Å². The summed E-state index contributed by atoms with van der Waals surface area (Å²) in [7, 11) is 1.20. The number of non-ortho nitro benzene ring substituents is 1. The summed E-state index contributed by atoms with van der Waals surface area (Å²) in [5.41, 5.74) is 0.327. The number of nitro benzene ring substituents is 1. The van der Waals surface area contributed by atoms with Crippen molar-refractivity contribution in [1.29, 1.82) is 0 Å².